The van der Waals surface area contributed by atoms with Gasteiger partial charge < -0.3 is 14.5 Å². The van der Waals surface area contributed by atoms with Gasteiger partial charge in [-0.1, -0.05) is 0 Å². The van der Waals surface area contributed by atoms with Crippen LogP contribution >= 0.6 is 0 Å². The monoisotopic (exact) mass is 211 g/mol. The zero-order valence-corrected chi connectivity index (χ0v) is 9.16. The minimum atomic E-state index is -0.159. The summed E-state index contributed by atoms with van der Waals surface area (Å²) >= 11 is 0. The third-order valence-electron chi connectivity index (χ3n) is 2.28. The lowest BCUT2D eigenvalue weighted by atomic mass is 10.2. The van der Waals surface area contributed by atoms with Crippen LogP contribution < -0.4 is 5.32 Å². The van der Waals surface area contributed by atoms with Crippen LogP contribution in [0.5, 0.6) is 0 Å². The van der Waals surface area contributed by atoms with Crippen LogP contribution in [-0.4, -0.2) is 19.6 Å². The maximum absolute atomic E-state index is 10.8. The van der Waals surface area contributed by atoms with Crippen molar-refractivity contribution in [1.29, 1.82) is 0 Å². The standard InChI is InChI=1S/C11H17NO3/c1-9(10-5-7-15-8-10)12-6-3-4-11(13)14-2/h5,7-9,12H,3-4,6H2,1-2H3. The zero-order valence-electron chi connectivity index (χ0n) is 9.16. The van der Waals surface area contributed by atoms with Crippen LogP contribution in [-0.2, 0) is 9.53 Å². The molecule has 15 heavy (non-hydrogen) atoms. The minimum absolute atomic E-state index is 0.159. The van der Waals surface area contributed by atoms with E-state index >= 15 is 0 Å². The second kappa shape index (κ2) is 6.24. The Labute approximate surface area is 89.6 Å². The fourth-order valence-corrected chi connectivity index (χ4v) is 1.29. The molecule has 1 aromatic rings. The lowest BCUT2D eigenvalue weighted by Crippen LogP contribution is -2.20. The molecule has 0 fully saturated rings. The van der Waals surface area contributed by atoms with E-state index in [0.29, 0.717) is 6.42 Å². The van der Waals surface area contributed by atoms with Crippen molar-refractivity contribution in [3.8, 4) is 0 Å². The van der Waals surface area contributed by atoms with E-state index in [0.717, 1.165) is 18.5 Å². The molecule has 0 spiro atoms. The van der Waals surface area contributed by atoms with Gasteiger partial charge in [-0.3, -0.25) is 4.79 Å². The molecule has 1 atom stereocenters. The predicted molar refractivity (Wildman–Crippen MR) is 56.4 cm³/mol. The van der Waals surface area contributed by atoms with E-state index in [2.05, 4.69) is 17.0 Å². The van der Waals surface area contributed by atoms with E-state index in [9.17, 15) is 4.79 Å². The number of hydrogen-bond acceptors (Lipinski definition) is 4. The molecular formula is C11H17NO3. The van der Waals surface area contributed by atoms with Crippen molar-refractivity contribution in [1.82, 2.24) is 5.32 Å². The van der Waals surface area contributed by atoms with Crippen LogP contribution in [0.1, 0.15) is 31.4 Å². The molecule has 0 radical (unpaired) electrons. The molecule has 1 N–H and O–H groups in total. The number of ether oxygens (including phenoxy) is 1. The topological polar surface area (TPSA) is 51.5 Å². The highest BCUT2D eigenvalue weighted by Crippen LogP contribution is 2.11. The third-order valence-corrected chi connectivity index (χ3v) is 2.28. The SMILES string of the molecule is COC(=O)CCCNC(C)c1ccoc1. The Morgan fingerprint density at radius 1 is 1.67 bits per heavy atom. The summed E-state index contributed by atoms with van der Waals surface area (Å²) in [5, 5.41) is 3.30. The van der Waals surface area contributed by atoms with E-state index in [-0.39, 0.29) is 12.0 Å². The molecular weight excluding hydrogens is 194 g/mol. The first-order valence-corrected chi connectivity index (χ1v) is 5.06. The van der Waals surface area contributed by atoms with Crippen molar-refractivity contribution in [2.24, 2.45) is 0 Å². The first kappa shape index (κ1) is 11.8. The number of carbonyl (C=O) groups is 1. The van der Waals surface area contributed by atoms with E-state index in [1.165, 1.54) is 7.11 Å². The number of hydrogen-bond donors (Lipinski definition) is 1. The normalized spacial score (nSPS) is 12.4. The summed E-state index contributed by atoms with van der Waals surface area (Å²) in [6.07, 6.45) is 4.62. The average Bonchev–Trinajstić information content (AvgIpc) is 2.77. The highest BCUT2D eigenvalue weighted by atomic mass is 16.5. The fraction of sp³-hybridized carbons (Fsp3) is 0.545. The second-order valence-electron chi connectivity index (χ2n) is 3.41. The number of rotatable bonds is 6. The molecule has 4 heteroatoms. The van der Waals surface area contributed by atoms with E-state index < -0.39 is 0 Å². The molecule has 0 saturated carbocycles. The number of carbonyl (C=O) groups excluding carboxylic acids is 1. The molecule has 0 aromatic carbocycles. The van der Waals surface area contributed by atoms with Gasteiger partial charge in [0.15, 0.2) is 0 Å². The van der Waals surface area contributed by atoms with E-state index in [4.69, 9.17) is 4.42 Å². The van der Waals surface area contributed by atoms with Gasteiger partial charge in [-0.15, -0.1) is 0 Å². The highest BCUT2D eigenvalue weighted by molar-refractivity contribution is 5.69. The van der Waals surface area contributed by atoms with Gasteiger partial charge in [-0.2, -0.15) is 0 Å². The number of furan rings is 1. The van der Waals surface area contributed by atoms with Crippen LogP contribution in [0.25, 0.3) is 0 Å². The molecule has 0 saturated heterocycles. The first-order valence-electron chi connectivity index (χ1n) is 5.06. The molecule has 4 nitrogen and oxygen atoms in total. The lowest BCUT2D eigenvalue weighted by Gasteiger charge is -2.10. The van der Waals surface area contributed by atoms with E-state index in [1.54, 1.807) is 12.5 Å². The molecule has 0 aliphatic rings. The summed E-state index contributed by atoms with van der Waals surface area (Å²) in [4.78, 5) is 10.8. The van der Waals surface area contributed by atoms with E-state index in [1.807, 2.05) is 6.07 Å². The van der Waals surface area contributed by atoms with Crippen LogP contribution in [0.2, 0.25) is 0 Å². The van der Waals surface area contributed by atoms with Crippen molar-refractivity contribution in [3.05, 3.63) is 24.2 Å². The van der Waals surface area contributed by atoms with Crippen LogP contribution in [0.4, 0.5) is 0 Å². The largest absolute Gasteiger partial charge is 0.472 e. The maximum Gasteiger partial charge on any atom is 0.305 e. The van der Waals surface area contributed by atoms with Crippen molar-refractivity contribution in [2.75, 3.05) is 13.7 Å². The smallest absolute Gasteiger partial charge is 0.305 e. The van der Waals surface area contributed by atoms with Crippen LogP contribution in [0, 0.1) is 0 Å². The van der Waals surface area contributed by atoms with Crippen LogP contribution in [0.15, 0.2) is 23.0 Å². The summed E-state index contributed by atoms with van der Waals surface area (Å²) in [5.41, 5.74) is 1.12. The second-order valence-corrected chi connectivity index (χ2v) is 3.41. The van der Waals surface area contributed by atoms with Gasteiger partial charge in [0, 0.05) is 18.0 Å². The van der Waals surface area contributed by atoms with Crippen molar-refractivity contribution in [2.45, 2.75) is 25.8 Å². The van der Waals surface area contributed by atoms with Crippen molar-refractivity contribution >= 4 is 5.97 Å². The van der Waals surface area contributed by atoms with Gasteiger partial charge in [0.05, 0.1) is 19.6 Å². The number of nitrogens with one attached hydrogen (secondary N) is 1. The van der Waals surface area contributed by atoms with Crippen molar-refractivity contribution < 1.29 is 13.9 Å². The maximum atomic E-state index is 10.8. The summed E-state index contributed by atoms with van der Waals surface area (Å²) in [6.45, 7) is 2.85. The molecule has 1 aromatic heterocycles. The van der Waals surface area contributed by atoms with Gasteiger partial charge >= 0.3 is 5.97 Å². The molecule has 1 heterocycles. The molecule has 1 rings (SSSR count). The molecule has 1 unspecified atom stereocenters. The predicted octanol–water partition coefficient (Wildman–Crippen LogP) is 1.88. The quantitative estimate of drug-likeness (QED) is 0.576. The van der Waals surface area contributed by atoms with Crippen LogP contribution in [0.3, 0.4) is 0 Å². The highest BCUT2D eigenvalue weighted by Gasteiger charge is 2.05. The lowest BCUT2D eigenvalue weighted by molar-refractivity contribution is -0.140. The number of methoxy groups -OCH3 is 1. The Morgan fingerprint density at radius 3 is 3.07 bits per heavy atom. The van der Waals surface area contributed by atoms with Gasteiger partial charge in [-0.25, -0.2) is 0 Å². The summed E-state index contributed by atoms with van der Waals surface area (Å²) in [5.74, 6) is -0.159. The Hall–Kier alpha value is -1.29. The molecule has 0 aliphatic carbocycles. The molecule has 84 valence electrons. The third kappa shape index (κ3) is 4.16. The Bertz CT molecular complexity index is 282. The average molecular weight is 211 g/mol. The summed E-state index contributed by atoms with van der Waals surface area (Å²) in [6, 6.07) is 2.18. The van der Waals surface area contributed by atoms with Gasteiger partial charge in [0.25, 0.3) is 0 Å². The first-order chi connectivity index (χ1) is 7.24. The molecule has 0 bridgehead atoms. The Morgan fingerprint density at radius 2 is 2.47 bits per heavy atom. The minimum Gasteiger partial charge on any atom is -0.472 e. The van der Waals surface area contributed by atoms with Gasteiger partial charge in [0.1, 0.15) is 0 Å². The molecule has 0 amide bonds. The number of esters is 1. The van der Waals surface area contributed by atoms with Gasteiger partial charge in [-0.05, 0) is 26.0 Å². The zero-order chi connectivity index (χ0) is 11.1. The van der Waals surface area contributed by atoms with Gasteiger partial charge in [0.2, 0.25) is 0 Å². The summed E-state index contributed by atoms with van der Waals surface area (Å²) < 4.78 is 9.53. The molecule has 0 aliphatic heterocycles. The Balaban J connectivity index is 2.13. The summed E-state index contributed by atoms with van der Waals surface area (Å²) in [7, 11) is 1.41. The Kier molecular flexibility index (Phi) is 4.90. The fourth-order valence-electron chi connectivity index (χ4n) is 1.29. The van der Waals surface area contributed by atoms with Crippen molar-refractivity contribution in [3.63, 3.8) is 0 Å².